The third-order valence-electron chi connectivity index (χ3n) is 3.60. The highest BCUT2D eigenvalue weighted by atomic mass is 19.4. The highest BCUT2D eigenvalue weighted by Gasteiger charge is 2.28. The number of aliphatic imine (C=N–C) groups is 1. The van der Waals surface area contributed by atoms with Gasteiger partial charge < -0.3 is 20.1 Å². The molecule has 0 bridgehead atoms. The van der Waals surface area contributed by atoms with Crippen molar-refractivity contribution >= 4 is 5.96 Å². The van der Waals surface area contributed by atoms with Gasteiger partial charge in [-0.2, -0.15) is 13.2 Å². The van der Waals surface area contributed by atoms with Crippen LogP contribution in [-0.4, -0.2) is 64.1 Å². The Morgan fingerprint density at radius 3 is 2.64 bits per heavy atom. The molecule has 2 N–H and O–H groups in total. The zero-order valence-electron chi connectivity index (χ0n) is 14.3. The third kappa shape index (κ3) is 6.69. The summed E-state index contributed by atoms with van der Waals surface area (Å²) in [4.78, 5) is 5.27. The van der Waals surface area contributed by atoms with Crippen LogP contribution in [0.1, 0.15) is 5.56 Å². The molecule has 1 aliphatic rings. The fourth-order valence-electron chi connectivity index (χ4n) is 2.39. The van der Waals surface area contributed by atoms with Crippen LogP contribution in [0.5, 0.6) is 11.5 Å². The molecule has 2 rings (SSSR count). The van der Waals surface area contributed by atoms with Crippen molar-refractivity contribution in [3.8, 4) is 11.5 Å². The first kappa shape index (κ1) is 19.2. The smallest absolute Gasteiger partial charge is 0.401 e. The van der Waals surface area contributed by atoms with Gasteiger partial charge in [-0.1, -0.05) is 6.07 Å². The minimum absolute atomic E-state index is 0.246. The number of halogens is 3. The van der Waals surface area contributed by atoms with Gasteiger partial charge >= 0.3 is 6.18 Å². The minimum Gasteiger partial charge on any atom is -0.454 e. The summed E-state index contributed by atoms with van der Waals surface area (Å²) in [6.45, 7) is 0.595. The van der Waals surface area contributed by atoms with E-state index >= 15 is 0 Å². The number of hydrogen-bond donors (Lipinski definition) is 2. The predicted molar refractivity (Wildman–Crippen MR) is 89.2 cm³/mol. The van der Waals surface area contributed by atoms with E-state index in [-0.39, 0.29) is 13.3 Å². The Morgan fingerprint density at radius 1 is 1.20 bits per heavy atom. The summed E-state index contributed by atoms with van der Waals surface area (Å²) in [7, 11) is 3.06. The van der Waals surface area contributed by atoms with Crippen LogP contribution in [0.25, 0.3) is 0 Å². The summed E-state index contributed by atoms with van der Waals surface area (Å²) in [5.74, 6) is 2.05. The van der Waals surface area contributed by atoms with Crippen molar-refractivity contribution < 1.29 is 22.6 Å². The molecule has 1 heterocycles. The summed E-state index contributed by atoms with van der Waals surface area (Å²) in [6.07, 6.45) is -3.43. The molecule has 0 aliphatic carbocycles. The molecular formula is C16H23F3N4O2. The van der Waals surface area contributed by atoms with E-state index < -0.39 is 12.7 Å². The van der Waals surface area contributed by atoms with Crippen LogP contribution < -0.4 is 20.1 Å². The van der Waals surface area contributed by atoms with Crippen LogP contribution in [0.2, 0.25) is 0 Å². The van der Waals surface area contributed by atoms with Crippen molar-refractivity contribution in [1.82, 2.24) is 15.5 Å². The maximum absolute atomic E-state index is 12.3. The predicted octanol–water partition coefficient (Wildman–Crippen LogP) is 1.62. The Bertz CT molecular complexity index is 593. The average molecular weight is 360 g/mol. The fourth-order valence-corrected chi connectivity index (χ4v) is 2.39. The van der Waals surface area contributed by atoms with Crippen molar-refractivity contribution in [1.29, 1.82) is 0 Å². The van der Waals surface area contributed by atoms with Crippen LogP contribution in [-0.2, 0) is 6.42 Å². The Balaban J connectivity index is 1.67. The van der Waals surface area contributed by atoms with E-state index in [1.807, 2.05) is 18.2 Å². The second-order valence-corrected chi connectivity index (χ2v) is 5.72. The number of guanidine groups is 1. The second-order valence-electron chi connectivity index (χ2n) is 5.72. The first-order valence-electron chi connectivity index (χ1n) is 7.96. The van der Waals surface area contributed by atoms with Crippen molar-refractivity contribution in [2.24, 2.45) is 4.99 Å². The van der Waals surface area contributed by atoms with Crippen LogP contribution in [0.15, 0.2) is 23.2 Å². The molecule has 0 atom stereocenters. The molecule has 0 radical (unpaired) electrons. The third-order valence-corrected chi connectivity index (χ3v) is 3.60. The first-order valence-corrected chi connectivity index (χ1v) is 7.96. The van der Waals surface area contributed by atoms with Gasteiger partial charge in [-0.25, -0.2) is 0 Å². The number of benzene rings is 1. The molecule has 0 saturated heterocycles. The molecule has 0 saturated carbocycles. The molecule has 1 aromatic carbocycles. The van der Waals surface area contributed by atoms with Gasteiger partial charge in [0.25, 0.3) is 0 Å². The molecular weight excluding hydrogens is 337 g/mol. The van der Waals surface area contributed by atoms with E-state index in [4.69, 9.17) is 9.47 Å². The maximum Gasteiger partial charge on any atom is 0.401 e. The lowest BCUT2D eigenvalue weighted by Crippen LogP contribution is -2.42. The van der Waals surface area contributed by atoms with Gasteiger partial charge in [0, 0.05) is 26.7 Å². The van der Waals surface area contributed by atoms with Crippen LogP contribution >= 0.6 is 0 Å². The number of hydrogen-bond acceptors (Lipinski definition) is 4. The average Bonchev–Trinajstić information content (AvgIpc) is 2.99. The number of ether oxygens (including phenoxy) is 2. The Morgan fingerprint density at radius 2 is 1.92 bits per heavy atom. The molecule has 6 nitrogen and oxygen atoms in total. The van der Waals surface area contributed by atoms with E-state index in [1.165, 1.54) is 11.9 Å². The maximum atomic E-state index is 12.3. The van der Waals surface area contributed by atoms with E-state index in [0.29, 0.717) is 19.0 Å². The molecule has 9 heteroatoms. The molecule has 1 aromatic rings. The number of fused-ring (bicyclic) bond motifs is 1. The summed E-state index contributed by atoms with van der Waals surface area (Å²) < 4.78 is 47.4. The SMILES string of the molecule is CN=C(NCCc1ccc2c(c1)OCO2)NCCN(C)CC(F)(F)F. The van der Waals surface area contributed by atoms with Gasteiger partial charge in [-0.15, -0.1) is 0 Å². The van der Waals surface area contributed by atoms with Gasteiger partial charge in [0.05, 0.1) is 6.54 Å². The summed E-state index contributed by atoms with van der Waals surface area (Å²) >= 11 is 0. The minimum atomic E-state index is -4.18. The second kappa shape index (κ2) is 8.80. The number of rotatable bonds is 7. The molecule has 0 unspecified atom stereocenters. The van der Waals surface area contributed by atoms with E-state index in [9.17, 15) is 13.2 Å². The molecule has 0 amide bonds. The lowest BCUT2D eigenvalue weighted by Gasteiger charge is -2.19. The lowest BCUT2D eigenvalue weighted by molar-refractivity contribution is -0.142. The first-order chi connectivity index (χ1) is 11.9. The van der Waals surface area contributed by atoms with E-state index in [1.54, 1.807) is 7.05 Å². The quantitative estimate of drug-likeness (QED) is 0.572. The molecule has 0 spiro atoms. The van der Waals surface area contributed by atoms with E-state index in [0.717, 1.165) is 23.5 Å². The summed E-state index contributed by atoms with van der Waals surface area (Å²) in [5.41, 5.74) is 1.09. The summed E-state index contributed by atoms with van der Waals surface area (Å²) in [5, 5.41) is 6.13. The van der Waals surface area contributed by atoms with Gasteiger partial charge in [-0.05, 0) is 31.2 Å². The largest absolute Gasteiger partial charge is 0.454 e. The van der Waals surface area contributed by atoms with Crippen molar-refractivity contribution in [2.75, 3.05) is 47.1 Å². The lowest BCUT2D eigenvalue weighted by atomic mass is 10.1. The Hall–Kier alpha value is -2.16. The van der Waals surface area contributed by atoms with Crippen molar-refractivity contribution in [3.63, 3.8) is 0 Å². The number of nitrogens with one attached hydrogen (secondary N) is 2. The van der Waals surface area contributed by atoms with Crippen molar-refractivity contribution in [2.45, 2.75) is 12.6 Å². The molecule has 1 aliphatic heterocycles. The zero-order valence-corrected chi connectivity index (χ0v) is 14.3. The molecule has 25 heavy (non-hydrogen) atoms. The van der Waals surface area contributed by atoms with Crippen molar-refractivity contribution in [3.05, 3.63) is 23.8 Å². The fraction of sp³-hybridized carbons (Fsp3) is 0.562. The summed E-state index contributed by atoms with van der Waals surface area (Å²) in [6, 6.07) is 5.78. The number of likely N-dealkylation sites (N-methyl/N-ethyl adjacent to an activating group) is 1. The Kier molecular flexibility index (Phi) is 6.74. The Labute approximate surface area is 145 Å². The topological polar surface area (TPSA) is 58.1 Å². The van der Waals surface area contributed by atoms with Crippen LogP contribution in [0, 0.1) is 0 Å². The van der Waals surface area contributed by atoms with Gasteiger partial charge in [0.1, 0.15) is 0 Å². The molecule has 0 fully saturated rings. The molecule has 0 aromatic heterocycles. The number of nitrogens with zero attached hydrogens (tertiary/aromatic N) is 2. The van der Waals surface area contributed by atoms with Gasteiger partial charge in [0.15, 0.2) is 17.5 Å². The van der Waals surface area contributed by atoms with Gasteiger partial charge in [-0.3, -0.25) is 9.89 Å². The number of alkyl halides is 3. The zero-order chi connectivity index (χ0) is 18.3. The normalized spacial score (nSPS) is 14.1. The highest BCUT2D eigenvalue weighted by Crippen LogP contribution is 2.32. The highest BCUT2D eigenvalue weighted by molar-refractivity contribution is 5.79. The van der Waals surface area contributed by atoms with Crippen LogP contribution in [0.3, 0.4) is 0 Å². The van der Waals surface area contributed by atoms with Gasteiger partial charge in [0.2, 0.25) is 6.79 Å². The monoisotopic (exact) mass is 360 g/mol. The van der Waals surface area contributed by atoms with E-state index in [2.05, 4.69) is 15.6 Å². The standard InChI is InChI=1S/C16H23F3N4O2/c1-20-15(22-7-8-23(2)10-16(17,18)19)21-6-5-12-3-4-13-14(9-12)25-11-24-13/h3-4,9H,5-8,10-11H2,1-2H3,(H2,20,21,22). The molecule has 140 valence electrons. The van der Waals surface area contributed by atoms with Crippen LogP contribution in [0.4, 0.5) is 13.2 Å².